The molecule has 0 aliphatic carbocycles. The lowest BCUT2D eigenvalue weighted by Gasteiger charge is -2.39. The summed E-state index contributed by atoms with van der Waals surface area (Å²) >= 11 is 3.38. The number of rotatable bonds is 4. The molecule has 2 rings (SSSR count). The van der Waals surface area contributed by atoms with Crippen molar-refractivity contribution in [3.63, 3.8) is 0 Å². The largest absolute Gasteiger partial charge is 0.383 e. The van der Waals surface area contributed by atoms with Crippen LogP contribution in [0.1, 0.15) is 37.0 Å². The molecule has 0 radical (unpaired) electrons. The molecular formula is C15H22BrN3O. The summed E-state index contributed by atoms with van der Waals surface area (Å²) in [7, 11) is 0. The molecule has 4 N–H and O–H groups in total. The normalized spacial score (nSPS) is 21.4. The Kier molecular flexibility index (Phi) is 4.70. The Morgan fingerprint density at radius 1 is 1.55 bits per heavy atom. The molecule has 1 atom stereocenters. The van der Waals surface area contributed by atoms with E-state index in [0.29, 0.717) is 17.0 Å². The zero-order valence-electron chi connectivity index (χ0n) is 12.0. The Hall–Kier alpha value is -1.07. The molecule has 0 bridgehead atoms. The quantitative estimate of drug-likeness (QED) is 0.790. The Morgan fingerprint density at radius 2 is 2.30 bits per heavy atom. The summed E-state index contributed by atoms with van der Waals surface area (Å²) in [6, 6.07) is 5.98. The monoisotopic (exact) mass is 339 g/mol. The van der Waals surface area contributed by atoms with Gasteiger partial charge in [-0.25, -0.2) is 0 Å². The summed E-state index contributed by atoms with van der Waals surface area (Å²) in [6.45, 7) is 6.56. The topological polar surface area (TPSA) is 67.2 Å². The Labute approximate surface area is 128 Å². The van der Waals surface area contributed by atoms with Crippen LogP contribution in [-0.2, 0) is 0 Å². The molecule has 1 aliphatic rings. The van der Waals surface area contributed by atoms with Crippen molar-refractivity contribution in [1.82, 2.24) is 5.32 Å². The number of primary amides is 1. The molecule has 1 aromatic rings. The molecule has 1 aliphatic heterocycles. The van der Waals surface area contributed by atoms with Gasteiger partial charge >= 0.3 is 0 Å². The van der Waals surface area contributed by atoms with Gasteiger partial charge in [0.15, 0.2) is 0 Å². The van der Waals surface area contributed by atoms with Crippen LogP contribution in [0, 0.1) is 5.41 Å². The molecule has 1 aromatic carbocycles. The predicted octanol–water partition coefficient (Wildman–Crippen LogP) is 2.74. The third-order valence-corrected chi connectivity index (χ3v) is 4.73. The molecule has 1 saturated heterocycles. The van der Waals surface area contributed by atoms with Gasteiger partial charge in [-0.1, -0.05) is 13.8 Å². The molecule has 5 heteroatoms. The number of amides is 1. The second-order valence-electron chi connectivity index (χ2n) is 6.04. The second kappa shape index (κ2) is 6.14. The minimum atomic E-state index is -0.418. The minimum Gasteiger partial charge on any atom is -0.383 e. The highest BCUT2D eigenvalue weighted by Gasteiger charge is 2.31. The SMILES string of the molecule is CC1(C)CCCNC1CNc1ccc(C(N)=O)c(Br)c1. The van der Waals surface area contributed by atoms with Crippen molar-refractivity contribution >= 4 is 27.5 Å². The van der Waals surface area contributed by atoms with Gasteiger partial charge in [-0.2, -0.15) is 0 Å². The van der Waals surface area contributed by atoms with Crippen molar-refractivity contribution in [1.29, 1.82) is 0 Å². The summed E-state index contributed by atoms with van der Waals surface area (Å²) in [5.74, 6) is -0.418. The van der Waals surface area contributed by atoms with Gasteiger partial charge in [0.25, 0.3) is 0 Å². The van der Waals surface area contributed by atoms with Crippen LogP contribution in [0.25, 0.3) is 0 Å². The van der Waals surface area contributed by atoms with E-state index in [9.17, 15) is 4.79 Å². The van der Waals surface area contributed by atoms with Gasteiger partial charge in [0, 0.05) is 22.7 Å². The van der Waals surface area contributed by atoms with E-state index in [0.717, 1.165) is 23.2 Å². The van der Waals surface area contributed by atoms with Crippen LogP contribution in [0.5, 0.6) is 0 Å². The average molecular weight is 340 g/mol. The van der Waals surface area contributed by atoms with Crippen molar-refractivity contribution < 1.29 is 4.79 Å². The van der Waals surface area contributed by atoms with E-state index in [1.807, 2.05) is 12.1 Å². The molecule has 0 aromatic heterocycles. The number of carbonyl (C=O) groups excluding carboxylic acids is 1. The fraction of sp³-hybridized carbons (Fsp3) is 0.533. The Balaban J connectivity index is 2.00. The summed E-state index contributed by atoms with van der Waals surface area (Å²) in [5, 5.41) is 7.01. The highest BCUT2D eigenvalue weighted by atomic mass is 79.9. The zero-order valence-corrected chi connectivity index (χ0v) is 13.6. The smallest absolute Gasteiger partial charge is 0.249 e. The standard InChI is InChI=1S/C15H22BrN3O/c1-15(2)6-3-7-18-13(15)9-19-10-4-5-11(14(17)20)12(16)8-10/h4-5,8,13,18-19H,3,6-7,9H2,1-2H3,(H2,17,20). The maximum Gasteiger partial charge on any atom is 0.249 e. The fourth-order valence-electron chi connectivity index (χ4n) is 2.66. The predicted molar refractivity (Wildman–Crippen MR) is 86.0 cm³/mol. The Bertz CT molecular complexity index is 502. The van der Waals surface area contributed by atoms with Gasteiger partial charge in [-0.15, -0.1) is 0 Å². The van der Waals surface area contributed by atoms with Crippen molar-refractivity contribution in [2.45, 2.75) is 32.7 Å². The summed E-state index contributed by atoms with van der Waals surface area (Å²) in [6.07, 6.45) is 2.49. The lowest BCUT2D eigenvalue weighted by Crippen LogP contribution is -2.50. The molecule has 1 heterocycles. The Morgan fingerprint density at radius 3 is 2.90 bits per heavy atom. The first-order chi connectivity index (χ1) is 9.40. The number of nitrogens with one attached hydrogen (secondary N) is 2. The molecule has 0 saturated carbocycles. The van der Waals surface area contributed by atoms with Crippen LogP contribution in [0.15, 0.2) is 22.7 Å². The van der Waals surface area contributed by atoms with E-state index in [1.165, 1.54) is 12.8 Å². The van der Waals surface area contributed by atoms with Crippen molar-refractivity contribution in [3.05, 3.63) is 28.2 Å². The first-order valence-corrected chi connectivity index (χ1v) is 7.76. The molecule has 110 valence electrons. The van der Waals surface area contributed by atoms with E-state index >= 15 is 0 Å². The third kappa shape index (κ3) is 3.52. The highest BCUT2D eigenvalue weighted by Crippen LogP contribution is 2.30. The second-order valence-corrected chi connectivity index (χ2v) is 6.89. The van der Waals surface area contributed by atoms with E-state index in [-0.39, 0.29) is 0 Å². The number of piperidine rings is 1. The number of halogens is 1. The number of hydrogen-bond donors (Lipinski definition) is 3. The van der Waals surface area contributed by atoms with Crippen LogP contribution >= 0.6 is 15.9 Å². The highest BCUT2D eigenvalue weighted by molar-refractivity contribution is 9.10. The van der Waals surface area contributed by atoms with Gasteiger partial charge in [0.2, 0.25) is 5.91 Å². The lowest BCUT2D eigenvalue weighted by molar-refractivity contribution is 0.0999. The average Bonchev–Trinajstić information content (AvgIpc) is 2.36. The third-order valence-electron chi connectivity index (χ3n) is 4.08. The summed E-state index contributed by atoms with van der Waals surface area (Å²) in [4.78, 5) is 11.2. The molecule has 1 unspecified atom stereocenters. The van der Waals surface area contributed by atoms with E-state index in [4.69, 9.17) is 5.73 Å². The minimum absolute atomic E-state index is 0.301. The fourth-order valence-corrected chi connectivity index (χ4v) is 3.24. The van der Waals surface area contributed by atoms with E-state index in [2.05, 4.69) is 40.4 Å². The maximum absolute atomic E-state index is 11.2. The number of nitrogens with two attached hydrogens (primary N) is 1. The molecule has 20 heavy (non-hydrogen) atoms. The van der Waals surface area contributed by atoms with Gasteiger partial charge in [0.05, 0.1) is 5.56 Å². The maximum atomic E-state index is 11.2. The van der Waals surface area contributed by atoms with Crippen LogP contribution in [0.2, 0.25) is 0 Å². The van der Waals surface area contributed by atoms with Crippen molar-refractivity contribution in [3.8, 4) is 0 Å². The lowest BCUT2D eigenvalue weighted by atomic mass is 9.77. The van der Waals surface area contributed by atoms with Crippen molar-refractivity contribution in [2.24, 2.45) is 11.1 Å². The molecule has 1 amide bonds. The molecule has 0 spiro atoms. The first kappa shape index (κ1) is 15.3. The molecule has 1 fully saturated rings. The van der Waals surface area contributed by atoms with Gasteiger partial charge < -0.3 is 16.4 Å². The van der Waals surface area contributed by atoms with Gasteiger partial charge in [0.1, 0.15) is 0 Å². The molecule has 4 nitrogen and oxygen atoms in total. The van der Waals surface area contributed by atoms with Crippen LogP contribution < -0.4 is 16.4 Å². The number of carbonyl (C=O) groups is 1. The van der Waals surface area contributed by atoms with Gasteiger partial charge in [-0.05, 0) is 58.9 Å². The zero-order chi connectivity index (χ0) is 14.8. The molecular weight excluding hydrogens is 318 g/mol. The number of anilines is 1. The van der Waals surface area contributed by atoms with Crippen LogP contribution in [0.3, 0.4) is 0 Å². The summed E-state index contributed by atoms with van der Waals surface area (Å²) in [5.41, 5.74) is 7.09. The van der Waals surface area contributed by atoms with Crippen molar-refractivity contribution in [2.75, 3.05) is 18.4 Å². The van der Waals surface area contributed by atoms with E-state index in [1.54, 1.807) is 6.07 Å². The number of hydrogen-bond acceptors (Lipinski definition) is 3. The van der Waals surface area contributed by atoms with Gasteiger partial charge in [-0.3, -0.25) is 4.79 Å². The van der Waals surface area contributed by atoms with Crippen LogP contribution in [-0.4, -0.2) is 25.0 Å². The number of benzene rings is 1. The first-order valence-electron chi connectivity index (χ1n) is 6.97. The summed E-state index contributed by atoms with van der Waals surface area (Å²) < 4.78 is 0.728. The van der Waals surface area contributed by atoms with Crippen LogP contribution in [0.4, 0.5) is 5.69 Å². The van der Waals surface area contributed by atoms with E-state index < -0.39 is 5.91 Å².